The number of hydrogen-bond acceptors (Lipinski definition) is 7. The van der Waals surface area contributed by atoms with Gasteiger partial charge in [0, 0.05) is 18.6 Å². The van der Waals surface area contributed by atoms with E-state index in [0.717, 1.165) is 5.56 Å². The van der Waals surface area contributed by atoms with Crippen molar-refractivity contribution >= 4 is 42.3 Å². The Hall–Kier alpha value is -3.12. The fourth-order valence-electron chi connectivity index (χ4n) is 2.89. The molecule has 1 rings (SSSR count). The molecule has 0 aromatic heterocycles. The van der Waals surface area contributed by atoms with Crippen molar-refractivity contribution in [3.8, 4) is 0 Å². The molecule has 1 aromatic rings. The van der Waals surface area contributed by atoms with Crippen LogP contribution in [0.25, 0.3) is 0 Å². The van der Waals surface area contributed by atoms with Crippen LogP contribution in [0.1, 0.15) is 32.3 Å². The maximum atomic E-state index is 13.0. The molecule has 0 radical (unpaired) electrons. The summed E-state index contributed by atoms with van der Waals surface area (Å²) >= 11 is 4.06. The Morgan fingerprint density at radius 1 is 0.882 bits per heavy atom. The molecule has 4 atom stereocenters. The summed E-state index contributed by atoms with van der Waals surface area (Å²) in [7, 11) is 0. The molecule has 0 saturated heterocycles. The molecule has 4 unspecified atom stereocenters. The Kier molecular flexibility index (Phi) is 12.1. The zero-order valence-corrected chi connectivity index (χ0v) is 20.0. The predicted molar refractivity (Wildman–Crippen MR) is 127 cm³/mol. The van der Waals surface area contributed by atoms with Gasteiger partial charge in [-0.2, -0.15) is 12.6 Å². The minimum Gasteiger partial charge on any atom is -0.481 e. The highest BCUT2D eigenvalue weighted by molar-refractivity contribution is 7.80. The van der Waals surface area contributed by atoms with Crippen LogP contribution in [0.3, 0.4) is 0 Å². The summed E-state index contributed by atoms with van der Waals surface area (Å²) in [5.74, 6) is -5.01. The van der Waals surface area contributed by atoms with Crippen molar-refractivity contribution in [3.05, 3.63) is 35.9 Å². The van der Waals surface area contributed by atoms with Gasteiger partial charge < -0.3 is 31.9 Å². The quantitative estimate of drug-likeness (QED) is 0.169. The van der Waals surface area contributed by atoms with E-state index in [1.807, 2.05) is 0 Å². The van der Waals surface area contributed by atoms with Crippen molar-refractivity contribution in [3.63, 3.8) is 0 Å². The molecule has 3 amide bonds. The number of nitrogens with two attached hydrogens (primary N) is 1. The molecule has 188 valence electrons. The normalized spacial score (nSPS) is 14.4. The fourth-order valence-corrected chi connectivity index (χ4v) is 3.15. The van der Waals surface area contributed by atoms with E-state index in [4.69, 9.17) is 10.8 Å². The first-order valence-electron chi connectivity index (χ1n) is 10.7. The summed E-state index contributed by atoms with van der Waals surface area (Å²) in [5, 5.41) is 25.3. The number of carbonyl (C=O) groups excluding carboxylic acids is 3. The Morgan fingerprint density at radius 3 is 1.91 bits per heavy atom. The van der Waals surface area contributed by atoms with E-state index >= 15 is 0 Å². The van der Waals surface area contributed by atoms with E-state index in [2.05, 4.69) is 28.6 Å². The SMILES string of the molecule is CC(C)C(N)C(=O)NC(Cc1ccccc1)C(=O)NC(CS)C(=O)NC(CCC(=O)O)C(=O)O. The molecule has 12 heteroatoms. The van der Waals surface area contributed by atoms with Gasteiger partial charge >= 0.3 is 11.9 Å². The maximum absolute atomic E-state index is 13.0. The Morgan fingerprint density at radius 2 is 1.41 bits per heavy atom. The number of carbonyl (C=O) groups is 5. The first-order chi connectivity index (χ1) is 16.0. The minimum absolute atomic E-state index is 0.125. The lowest BCUT2D eigenvalue weighted by Gasteiger charge is -2.25. The van der Waals surface area contributed by atoms with Crippen LogP contribution in [0.15, 0.2) is 30.3 Å². The van der Waals surface area contributed by atoms with Crippen LogP contribution in [0.2, 0.25) is 0 Å². The van der Waals surface area contributed by atoms with Crippen LogP contribution in [0.5, 0.6) is 0 Å². The summed E-state index contributed by atoms with van der Waals surface area (Å²) in [6.45, 7) is 3.53. The first-order valence-corrected chi connectivity index (χ1v) is 11.4. The number of nitrogens with one attached hydrogen (secondary N) is 3. The third-order valence-electron chi connectivity index (χ3n) is 5.01. The number of amides is 3. The Labute approximate surface area is 203 Å². The first kappa shape index (κ1) is 28.9. The van der Waals surface area contributed by atoms with Crippen molar-refractivity contribution in [1.82, 2.24) is 16.0 Å². The largest absolute Gasteiger partial charge is 0.481 e. The number of thiol groups is 1. The van der Waals surface area contributed by atoms with Gasteiger partial charge in [0.2, 0.25) is 17.7 Å². The molecule has 1 aromatic carbocycles. The lowest BCUT2D eigenvalue weighted by Crippen LogP contribution is -2.58. The smallest absolute Gasteiger partial charge is 0.326 e. The minimum atomic E-state index is -1.45. The molecule has 0 saturated carbocycles. The molecule has 0 bridgehead atoms. The third-order valence-corrected chi connectivity index (χ3v) is 5.38. The summed E-state index contributed by atoms with van der Waals surface area (Å²) in [4.78, 5) is 60.2. The van der Waals surface area contributed by atoms with Crippen molar-refractivity contribution in [2.75, 3.05) is 5.75 Å². The molecular formula is C22H32N4O7S. The maximum Gasteiger partial charge on any atom is 0.326 e. The van der Waals surface area contributed by atoms with Crippen LogP contribution in [0, 0.1) is 5.92 Å². The Bertz CT molecular complexity index is 866. The van der Waals surface area contributed by atoms with E-state index in [-0.39, 0.29) is 24.5 Å². The molecule has 0 fully saturated rings. The molecule has 0 spiro atoms. The molecule has 0 heterocycles. The second-order valence-electron chi connectivity index (χ2n) is 8.10. The molecule has 34 heavy (non-hydrogen) atoms. The highest BCUT2D eigenvalue weighted by Crippen LogP contribution is 2.07. The lowest BCUT2D eigenvalue weighted by atomic mass is 10.0. The third kappa shape index (κ3) is 9.79. The topological polar surface area (TPSA) is 188 Å². The molecule has 0 aliphatic rings. The van der Waals surface area contributed by atoms with Crippen molar-refractivity contribution in [2.24, 2.45) is 11.7 Å². The van der Waals surface area contributed by atoms with Gasteiger partial charge in [0.1, 0.15) is 18.1 Å². The molecular weight excluding hydrogens is 464 g/mol. The van der Waals surface area contributed by atoms with Gasteiger partial charge in [0.25, 0.3) is 0 Å². The van der Waals surface area contributed by atoms with Gasteiger partial charge in [0.05, 0.1) is 6.04 Å². The summed E-state index contributed by atoms with van der Waals surface area (Å²) in [6, 6.07) is 4.32. The number of hydrogen-bond donors (Lipinski definition) is 7. The van der Waals surface area contributed by atoms with Gasteiger partial charge in [-0.3, -0.25) is 19.2 Å². The zero-order chi connectivity index (χ0) is 25.8. The van der Waals surface area contributed by atoms with E-state index in [1.165, 1.54) is 0 Å². The molecule has 0 aliphatic heterocycles. The van der Waals surface area contributed by atoms with Crippen LogP contribution in [-0.4, -0.2) is 69.8 Å². The second kappa shape index (κ2) is 14.2. The van der Waals surface area contributed by atoms with Gasteiger partial charge in [0.15, 0.2) is 0 Å². The van der Waals surface area contributed by atoms with E-state index in [9.17, 15) is 29.1 Å². The summed E-state index contributed by atoms with van der Waals surface area (Å²) < 4.78 is 0. The summed E-state index contributed by atoms with van der Waals surface area (Å²) in [6.07, 6.45) is -0.666. The van der Waals surface area contributed by atoms with E-state index < -0.39 is 60.2 Å². The van der Waals surface area contributed by atoms with Crippen molar-refractivity contribution < 1.29 is 34.2 Å². The van der Waals surface area contributed by atoms with Crippen LogP contribution >= 0.6 is 12.6 Å². The van der Waals surface area contributed by atoms with E-state index in [1.54, 1.807) is 44.2 Å². The number of carboxylic acid groups (broad SMARTS) is 2. The highest BCUT2D eigenvalue weighted by atomic mass is 32.1. The number of carboxylic acids is 2. The average molecular weight is 497 g/mol. The van der Waals surface area contributed by atoms with Crippen LogP contribution in [-0.2, 0) is 30.4 Å². The number of benzene rings is 1. The monoisotopic (exact) mass is 496 g/mol. The average Bonchev–Trinajstić information content (AvgIpc) is 2.78. The Balaban J connectivity index is 2.97. The van der Waals surface area contributed by atoms with Crippen molar-refractivity contribution in [1.29, 1.82) is 0 Å². The fraction of sp³-hybridized carbons (Fsp3) is 0.500. The standard InChI is InChI=1S/C22H32N4O7S/c1-12(2)18(23)21(31)25-15(10-13-6-4-3-5-7-13)19(29)26-16(11-34)20(30)24-14(22(32)33)8-9-17(27)28/h3-7,12,14-16,18,34H,8-11,23H2,1-2H3,(H,24,30)(H,25,31)(H,26,29)(H,27,28)(H,32,33). The van der Waals surface area contributed by atoms with Crippen molar-refractivity contribution in [2.45, 2.75) is 57.3 Å². The van der Waals surface area contributed by atoms with E-state index in [0.29, 0.717) is 0 Å². The predicted octanol–water partition coefficient (Wildman–Crippen LogP) is -0.454. The van der Waals surface area contributed by atoms with Gasteiger partial charge in [-0.05, 0) is 17.9 Å². The van der Waals surface area contributed by atoms with Gasteiger partial charge in [-0.25, -0.2) is 4.79 Å². The van der Waals surface area contributed by atoms with Gasteiger partial charge in [-0.1, -0.05) is 44.2 Å². The number of aliphatic carboxylic acids is 2. The summed E-state index contributed by atoms with van der Waals surface area (Å²) in [5.41, 5.74) is 6.65. The molecule has 0 aliphatic carbocycles. The lowest BCUT2D eigenvalue weighted by molar-refractivity contribution is -0.143. The van der Waals surface area contributed by atoms with Crippen LogP contribution in [0.4, 0.5) is 0 Å². The molecule has 7 N–H and O–H groups in total. The van der Waals surface area contributed by atoms with Crippen LogP contribution < -0.4 is 21.7 Å². The number of rotatable bonds is 14. The van der Waals surface area contributed by atoms with Gasteiger partial charge in [-0.15, -0.1) is 0 Å². The zero-order valence-electron chi connectivity index (χ0n) is 19.1. The highest BCUT2D eigenvalue weighted by Gasteiger charge is 2.30. The molecule has 11 nitrogen and oxygen atoms in total. The second-order valence-corrected chi connectivity index (χ2v) is 8.46.